The van der Waals surface area contributed by atoms with Gasteiger partial charge in [-0.05, 0) is 30.2 Å². The molecule has 0 atom stereocenters. The molecule has 3 rings (SSSR count). The largest absolute Gasteiger partial charge is 0.366 e. The van der Waals surface area contributed by atoms with Crippen LogP contribution in [0.4, 0.5) is 11.6 Å². The van der Waals surface area contributed by atoms with Gasteiger partial charge in [0.15, 0.2) is 0 Å². The summed E-state index contributed by atoms with van der Waals surface area (Å²) in [6.45, 7) is 3.54. The number of aromatic nitrogens is 3. The van der Waals surface area contributed by atoms with Crippen LogP contribution in [0.15, 0.2) is 61.2 Å². The molecule has 2 heterocycles. The molecule has 0 radical (unpaired) electrons. The van der Waals surface area contributed by atoms with Gasteiger partial charge in [-0.3, -0.25) is 4.98 Å². The lowest BCUT2D eigenvalue weighted by Gasteiger charge is -2.09. The zero-order valence-electron chi connectivity index (χ0n) is 13.0. The molecule has 0 aliphatic heterocycles. The first-order valence-corrected chi connectivity index (χ1v) is 7.54. The summed E-state index contributed by atoms with van der Waals surface area (Å²) >= 11 is 0. The summed E-state index contributed by atoms with van der Waals surface area (Å²) < 4.78 is 0. The monoisotopic (exact) mass is 305 g/mol. The Balaban J connectivity index is 1.59. The van der Waals surface area contributed by atoms with Crippen molar-refractivity contribution in [1.82, 2.24) is 15.0 Å². The van der Waals surface area contributed by atoms with Crippen LogP contribution in [-0.4, -0.2) is 15.0 Å². The molecule has 0 saturated carbocycles. The minimum atomic E-state index is 0.705. The second-order valence-corrected chi connectivity index (χ2v) is 5.34. The van der Waals surface area contributed by atoms with Crippen LogP contribution < -0.4 is 10.6 Å². The molecule has 0 aliphatic carbocycles. The molecule has 2 N–H and O–H groups in total. The summed E-state index contributed by atoms with van der Waals surface area (Å²) in [6, 6.07) is 14.3. The fourth-order valence-corrected chi connectivity index (χ4v) is 2.26. The minimum Gasteiger partial charge on any atom is -0.366 e. The van der Waals surface area contributed by atoms with Gasteiger partial charge in [0.25, 0.3) is 0 Å². The Morgan fingerprint density at radius 2 is 1.52 bits per heavy atom. The van der Waals surface area contributed by atoms with Crippen LogP contribution in [0.25, 0.3) is 0 Å². The van der Waals surface area contributed by atoms with Crippen LogP contribution in [0.2, 0.25) is 0 Å². The average Bonchev–Trinajstić information content (AvgIpc) is 2.60. The smallest absolute Gasteiger partial charge is 0.131 e. The van der Waals surface area contributed by atoms with E-state index in [0.717, 1.165) is 23.7 Å². The van der Waals surface area contributed by atoms with Crippen molar-refractivity contribution in [2.24, 2.45) is 0 Å². The van der Waals surface area contributed by atoms with Gasteiger partial charge in [-0.15, -0.1) is 0 Å². The van der Waals surface area contributed by atoms with Crippen molar-refractivity contribution < 1.29 is 0 Å². The lowest BCUT2D eigenvalue weighted by molar-refractivity contribution is 1.05. The van der Waals surface area contributed by atoms with E-state index < -0.39 is 0 Å². The standard InChI is InChI=1S/C18H19N5/c1-14-3-2-4-16(9-14)12-21-18-10-17(22-13-23-18)20-11-15-5-7-19-8-6-15/h2-10,13H,11-12H2,1H3,(H2,20,21,22,23). The van der Waals surface area contributed by atoms with Gasteiger partial charge in [0.05, 0.1) is 0 Å². The third-order valence-corrected chi connectivity index (χ3v) is 3.45. The topological polar surface area (TPSA) is 62.7 Å². The number of pyridine rings is 1. The molecule has 5 heteroatoms. The van der Waals surface area contributed by atoms with E-state index in [1.54, 1.807) is 18.7 Å². The normalized spacial score (nSPS) is 10.3. The molecule has 5 nitrogen and oxygen atoms in total. The number of aryl methyl sites for hydroxylation is 1. The zero-order chi connectivity index (χ0) is 15.9. The molecular weight excluding hydrogens is 286 g/mol. The van der Waals surface area contributed by atoms with Crippen LogP contribution in [0.5, 0.6) is 0 Å². The van der Waals surface area contributed by atoms with Crippen LogP contribution >= 0.6 is 0 Å². The fourth-order valence-electron chi connectivity index (χ4n) is 2.26. The summed E-state index contributed by atoms with van der Waals surface area (Å²) in [6.07, 6.45) is 5.13. The number of nitrogens with zero attached hydrogens (tertiary/aromatic N) is 3. The molecule has 0 saturated heterocycles. The third kappa shape index (κ3) is 4.51. The van der Waals surface area contributed by atoms with E-state index in [9.17, 15) is 0 Å². The Kier molecular flexibility index (Phi) is 4.79. The van der Waals surface area contributed by atoms with Crippen molar-refractivity contribution in [3.63, 3.8) is 0 Å². The molecule has 23 heavy (non-hydrogen) atoms. The average molecular weight is 305 g/mol. The zero-order valence-corrected chi connectivity index (χ0v) is 13.0. The van der Waals surface area contributed by atoms with Gasteiger partial charge in [-0.2, -0.15) is 0 Å². The molecule has 1 aromatic carbocycles. The van der Waals surface area contributed by atoms with Gasteiger partial charge in [-0.1, -0.05) is 29.8 Å². The molecular formula is C18H19N5. The first-order chi connectivity index (χ1) is 11.3. The number of rotatable bonds is 6. The van der Waals surface area contributed by atoms with Crippen molar-refractivity contribution in [3.05, 3.63) is 77.9 Å². The van der Waals surface area contributed by atoms with Crippen LogP contribution in [0.3, 0.4) is 0 Å². The summed E-state index contributed by atoms with van der Waals surface area (Å²) in [5, 5.41) is 6.62. The van der Waals surface area contributed by atoms with Gasteiger partial charge < -0.3 is 10.6 Å². The van der Waals surface area contributed by atoms with Crippen LogP contribution in [-0.2, 0) is 13.1 Å². The highest BCUT2D eigenvalue weighted by Gasteiger charge is 2.00. The highest BCUT2D eigenvalue weighted by molar-refractivity contribution is 5.47. The Morgan fingerprint density at radius 1 is 0.826 bits per heavy atom. The highest BCUT2D eigenvalue weighted by Crippen LogP contribution is 2.12. The number of anilines is 2. The lowest BCUT2D eigenvalue weighted by atomic mass is 10.1. The van der Waals surface area contributed by atoms with Gasteiger partial charge in [0, 0.05) is 31.5 Å². The summed E-state index contributed by atoms with van der Waals surface area (Å²) in [4.78, 5) is 12.5. The predicted octanol–water partition coefficient (Wildman–Crippen LogP) is 3.40. The van der Waals surface area contributed by atoms with E-state index in [1.807, 2.05) is 18.2 Å². The molecule has 3 aromatic rings. The Bertz CT molecular complexity index is 758. The molecule has 0 amide bonds. The number of nitrogens with one attached hydrogen (secondary N) is 2. The van der Waals surface area contributed by atoms with Crippen LogP contribution in [0, 0.1) is 6.92 Å². The second kappa shape index (κ2) is 7.35. The molecule has 0 unspecified atom stereocenters. The van der Waals surface area contributed by atoms with Crippen molar-refractivity contribution in [2.75, 3.05) is 10.6 Å². The fraction of sp³-hybridized carbons (Fsp3) is 0.167. The lowest BCUT2D eigenvalue weighted by Crippen LogP contribution is -2.05. The number of benzene rings is 1. The summed E-state index contributed by atoms with van der Waals surface area (Å²) in [5.41, 5.74) is 3.65. The second-order valence-electron chi connectivity index (χ2n) is 5.34. The minimum absolute atomic E-state index is 0.705. The maximum absolute atomic E-state index is 4.26. The van der Waals surface area contributed by atoms with E-state index in [-0.39, 0.29) is 0 Å². The van der Waals surface area contributed by atoms with Gasteiger partial charge in [0.1, 0.15) is 18.0 Å². The summed E-state index contributed by atoms with van der Waals surface area (Å²) in [7, 11) is 0. The van der Waals surface area contributed by atoms with Crippen LogP contribution in [0.1, 0.15) is 16.7 Å². The molecule has 2 aromatic heterocycles. The van der Waals surface area contributed by atoms with Crippen molar-refractivity contribution >= 4 is 11.6 Å². The summed E-state index contributed by atoms with van der Waals surface area (Å²) in [5.74, 6) is 1.60. The van der Waals surface area contributed by atoms with E-state index in [4.69, 9.17) is 0 Å². The number of hydrogen-bond donors (Lipinski definition) is 2. The predicted molar refractivity (Wildman–Crippen MR) is 92.1 cm³/mol. The Morgan fingerprint density at radius 3 is 2.22 bits per heavy atom. The molecule has 116 valence electrons. The quantitative estimate of drug-likeness (QED) is 0.731. The van der Waals surface area contributed by atoms with Gasteiger partial charge in [0.2, 0.25) is 0 Å². The van der Waals surface area contributed by atoms with Crippen molar-refractivity contribution in [2.45, 2.75) is 20.0 Å². The van der Waals surface area contributed by atoms with Gasteiger partial charge >= 0.3 is 0 Å². The van der Waals surface area contributed by atoms with E-state index in [2.05, 4.69) is 56.8 Å². The third-order valence-electron chi connectivity index (χ3n) is 3.45. The maximum atomic E-state index is 4.26. The first-order valence-electron chi connectivity index (χ1n) is 7.54. The van der Waals surface area contributed by atoms with E-state index in [1.165, 1.54) is 11.1 Å². The Hall–Kier alpha value is -2.95. The molecule has 0 fully saturated rings. The molecule has 0 bridgehead atoms. The SMILES string of the molecule is Cc1cccc(CNc2cc(NCc3ccncc3)ncn2)c1. The van der Waals surface area contributed by atoms with Crippen molar-refractivity contribution in [3.8, 4) is 0 Å². The highest BCUT2D eigenvalue weighted by atomic mass is 15.1. The Labute approximate surface area is 135 Å². The van der Waals surface area contributed by atoms with E-state index >= 15 is 0 Å². The maximum Gasteiger partial charge on any atom is 0.131 e. The first kappa shape index (κ1) is 15.0. The molecule has 0 spiro atoms. The van der Waals surface area contributed by atoms with Gasteiger partial charge in [-0.25, -0.2) is 9.97 Å². The van der Waals surface area contributed by atoms with E-state index in [0.29, 0.717) is 6.54 Å². The number of hydrogen-bond acceptors (Lipinski definition) is 5. The van der Waals surface area contributed by atoms with Crippen molar-refractivity contribution in [1.29, 1.82) is 0 Å². The molecule has 0 aliphatic rings.